The molecule has 3 N–H and O–H groups in total. The van der Waals surface area contributed by atoms with Gasteiger partial charge in [-0.05, 0) is 49.2 Å². The minimum absolute atomic E-state index is 0.136. The van der Waals surface area contributed by atoms with Crippen molar-refractivity contribution in [3.8, 4) is 11.5 Å². The molecule has 1 amide bonds. The number of nitrogens with one attached hydrogen (secondary N) is 1. The summed E-state index contributed by atoms with van der Waals surface area (Å²) in [6.07, 6.45) is -5.26. The van der Waals surface area contributed by atoms with Gasteiger partial charge in [0.25, 0.3) is 5.91 Å². The number of sulfonamides is 1. The Balaban J connectivity index is 1.63. The Labute approximate surface area is 175 Å². The van der Waals surface area contributed by atoms with Crippen molar-refractivity contribution in [1.82, 2.24) is 4.31 Å². The molecule has 2 aromatic carbocycles. The number of halogens is 3. The molecule has 8 nitrogen and oxygen atoms in total. The number of para-hydroxylation sites is 1. The molecule has 1 aliphatic rings. The average molecular weight is 460 g/mol. The monoisotopic (exact) mass is 460 g/mol. The van der Waals surface area contributed by atoms with Crippen LogP contribution in [0.2, 0.25) is 0 Å². The molecule has 0 bridgehead atoms. The molecule has 3 rings (SSSR count). The molecule has 0 aromatic heterocycles. The standard InChI is InChI=1S/C19H19F3N2O6S/c20-19(21,22)30-14-7-5-13(6-8-14)23-17(26)18(27)9-11-24(12-10-18)31(28,29)16-4-2-1-3-15(16)25/h1-8,25,27H,9-12H2,(H,23,26). The number of aromatic hydroxyl groups is 1. The van der Waals surface area contributed by atoms with Crippen molar-refractivity contribution in [2.75, 3.05) is 18.4 Å². The van der Waals surface area contributed by atoms with Crippen LogP contribution in [0, 0.1) is 0 Å². The van der Waals surface area contributed by atoms with Crippen molar-refractivity contribution in [3.05, 3.63) is 48.5 Å². The van der Waals surface area contributed by atoms with E-state index in [9.17, 15) is 36.6 Å². The van der Waals surface area contributed by atoms with Crippen molar-refractivity contribution >= 4 is 21.6 Å². The van der Waals surface area contributed by atoms with Crippen molar-refractivity contribution in [2.24, 2.45) is 0 Å². The second kappa shape index (κ2) is 8.36. The Morgan fingerprint density at radius 2 is 1.65 bits per heavy atom. The number of hydrogen-bond donors (Lipinski definition) is 3. The van der Waals surface area contributed by atoms with Gasteiger partial charge >= 0.3 is 6.36 Å². The number of amides is 1. The summed E-state index contributed by atoms with van der Waals surface area (Å²) in [4.78, 5) is 12.2. The fourth-order valence-corrected chi connectivity index (χ4v) is 4.65. The van der Waals surface area contributed by atoms with Crippen LogP contribution in [0.4, 0.5) is 18.9 Å². The van der Waals surface area contributed by atoms with E-state index in [4.69, 9.17) is 0 Å². The first-order valence-electron chi connectivity index (χ1n) is 9.08. The number of carbonyl (C=O) groups is 1. The number of aliphatic hydroxyl groups is 1. The Morgan fingerprint density at radius 1 is 1.06 bits per heavy atom. The zero-order valence-corrected chi connectivity index (χ0v) is 16.8. The normalized spacial score (nSPS) is 17.2. The molecule has 0 aliphatic carbocycles. The van der Waals surface area contributed by atoms with E-state index >= 15 is 0 Å². The van der Waals surface area contributed by atoms with E-state index in [0.717, 1.165) is 16.4 Å². The highest BCUT2D eigenvalue weighted by Crippen LogP contribution is 2.31. The lowest BCUT2D eigenvalue weighted by Gasteiger charge is -2.36. The summed E-state index contributed by atoms with van der Waals surface area (Å²) in [5.74, 6) is -1.68. The summed E-state index contributed by atoms with van der Waals surface area (Å²) in [5.41, 5.74) is -1.73. The number of piperidine rings is 1. The minimum Gasteiger partial charge on any atom is -0.507 e. The predicted octanol–water partition coefficient (Wildman–Crippen LogP) is 2.45. The van der Waals surface area contributed by atoms with Crippen molar-refractivity contribution in [1.29, 1.82) is 0 Å². The van der Waals surface area contributed by atoms with Crippen molar-refractivity contribution in [2.45, 2.75) is 29.7 Å². The largest absolute Gasteiger partial charge is 0.573 e. The lowest BCUT2D eigenvalue weighted by Crippen LogP contribution is -2.52. The van der Waals surface area contributed by atoms with E-state index in [1.165, 1.54) is 36.4 Å². The molecule has 0 atom stereocenters. The van der Waals surface area contributed by atoms with Crippen LogP contribution in [0.3, 0.4) is 0 Å². The molecule has 0 radical (unpaired) electrons. The molecule has 1 heterocycles. The molecule has 1 aliphatic heterocycles. The zero-order chi connectivity index (χ0) is 22.9. The number of alkyl halides is 3. The molecule has 0 saturated carbocycles. The number of phenols is 1. The predicted molar refractivity (Wildman–Crippen MR) is 103 cm³/mol. The summed E-state index contributed by atoms with van der Waals surface area (Å²) < 4.78 is 66.8. The lowest BCUT2D eigenvalue weighted by molar-refractivity contribution is -0.274. The van der Waals surface area contributed by atoms with Crippen LogP contribution in [-0.2, 0) is 14.8 Å². The van der Waals surface area contributed by atoms with Crippen LogP contribution < -0.4 is 10.1 Å². The SMILES string of the molecule is O=C(Nc1ccc(OC(F)(F)F)cc1)C1(O)CCN(S(=O)(=O)c2ccccc2O)CC1. The van der Waals surface area contributed by atoms with E-state index in [-0.39, 0.29) is 36.5 Å². The smallest absolute Gasteiger partial charge is 0.507 e. The van der Waals surface area contributed by atoms with E-state index in [1.54, 1.807) is 0 Å². The third kappa shape index (κ3) is 5.27. The molecule has 12 heteroatoms. The zero-order valence-electron chi connectivity index (χ0n) is 16.0. The van der Waals surface area contributed by atoms with Gasteiger partial charge in [0.1, 0.15) is 22.0 Å². The second-order valence-electron chi connectivity index (χ2n) is 6.93. The number of ether oxygens (including phenoxy) is 1. The van der Waals surface area contributed by atoms with Crippen LogP contribution >= 0.6 is 0 Å². The maximum absolute atomic E-state index is 12.7. The van der Waals surface area contributed by atoms with Crippen LogP contribution in [-0.4, -0.2) is 53.9 Å². The van der Waals surface area contributed by atoms with Gasteiger partial charge in [-0.1, -0.05) is 12.1 Å². The molecule has 168 valence electrons. The number of carbonyl (C=O) groups excluding carboxylic acids is 1. The maximum atomic E-state index is 12.7. The highest BCUT2D eigenvalue weighted by molar-refractivity contribution is 7.89. The Bertz CT molecular complexity index is 1050. The Hall–Kier alpha value is -2.83. The first-order valence-corrected chi connectivity index (χ1v) is 10.5. The van der Waals surface area contributed by atoms with Crippen LogP contribution in [0.25, 0.3) is 0 Å². The average Bonchev–Trinajstić information content (AvgIpc) is 2.69. The van der Waals surface area contributed by atoms with Gasteiger partial charge in [-0.3, -0.25) is 4.79 Å². The summed E-state index contributed by atoms with van der Waals surface area (Å²) in [6, 6.07) is 9.82. The fraction of sp³-hybridized carbons (Fsp3) is 0.316. The third-order valence-electron chi connectivity index (χ3n) is 4.80. The quantitative estimate of drug-likeness (QED) is 0.631. The molecule has 0 spiro atoms. The van der Waals surface area contributed by atoms with Gasteiger partial charge in [0.2, 0.25) is 10.0 Å². The topological polar surface area (TPSA) is 116 Å². The second-order valence-corrected chi connectivity index (χ2v) is 8.84. The number of hydrogen-bond acceptors (Lipinski definition) is 6. The van der Waals surface area contributed by atoms with E-state index < -0.39 is 39.4 Å². The maximum Gasteiger partial charge on any atom is 0.573 e. The van der Waals surface area contributed by atoms with Gasteiger partial charge in [-0.2, -0.15) is 4.31 Å². The highest BCUT2D eigenvalue weighted by Gasteiger charge is 2.42. The van der Waals surface area contributed by atoms with Crippen LogP contribution in [0.15, 0.2) is 53.4 Å². The van der Waals surface area contributed by atoms with Crippen molar-refractivity contribution < 1.29 is 41.3 Å². The molecule has 1 saturated heterocycles. The summed E-state index contributed by atoms with van der Waals surface area (Å²) in [6.45, 7) is -0.335. The van der Waals surface area contributed by atoms with Gasteiger partial charge < -0.3 is 20.3 Å². The molecular formula is C19H19F3N2O6S. The molecule has 0 unspecified atom stereocenters. The van der Waals surface area contributed by atoms with Crippen LogP contribution in [0.5, 0.6) is 11.5 Å². The lowest BCUT2D eigenvalue weighted by atomic mass is 9.91. The van der Waals surface area contributed by atoms with Gasteiger partial charge in [0.15, 0.2) is 0 Å². The number of phenolic OH excluding ortho intramolecular Hbond substituents is 1. The minimum atomic E-state index is -4.84. The van der Waals surface area contributed by atoms with Crippen LogP contribution in [0.1, 0.15) is 12.8 Å². The first-order chi connectivity index (χ1) is 14.4. The molecule has 2 aromatic rings. The van der Waals surface area contributed by atoms with Gasteiger partial charge in [0, 0.05) is 18.8 Å². The summed E-state index contributed by atoms with van der Waals surface area (Å²) >= 11 is 0. The Kier molecular flexibility index (Phi) is 6.16. The van der Waals surface area contributed by atoms with E-state index in [2.05, 4.69) is 10.1 Å². The first kappa shape index (κ1) is 22.8. The fourth-order valence-electron chi connectivity index (χ4n) is 3.13. The Morgan fingerprint density at radius 3 is 2.19 bits per heavy atom. The van der Waals surface area contributed by atoms with Gasteiger partial charge in [0.05, 0.1) is 0 Å². The molecule has 1 fully saturated rings. The summed E-state index contributed by atoms with van der Waals surface area (Å²) in [7, 11) is -4.01. The molecular weight excluding hydrogens is 441 g/mol. The number of benzene rings is 2. The van der Waals surface area contributed by atoms with Gasteiger partial charge in [-0.15, -0.1) is 13.2 Å². The van der Waals surface area contributed by atoms with E-state index in [0.29, 0.717) is 0 Å². The van der Waals surface area contributed by atoms with E-state index in [1.807, 2.05) is 0 Å². The number of rotatable bonds is 5. The van der Waals surface area contributed by atoms with Crippen molar-refractivity contribution in [3.63, 3.8) is 0 Å². The third-order valence-corrected chi connectivity index (χ3v) is 6.75. The highest BCUT2D eigenvalue weighted by atomic mass is 32.2. The number of anilines is 1. The summed E-state index contributed by atoms with van der Waals surface area (Å²) in [5, 5.41) is 22.9. The number of nitrogens with zero attached hydrogens (tertiary/aromatic N) is 1. The van der Waals surface area contributed by atoms with Gasteiger partial charge in [-0.25, -0.2) is 8.42 Å². The molecule has 31 heavy (non-hydrogen) atoms.